The van der Waals surface area contributed by atoms with Crippen molar-refractivity contribution in [2.45, 2.75) is 44.2 Å². The van der Waals surface area contributed by atoms with Crippen LogP contribution in [0.2, 0.25) is 0 Å². The van der Waals surface area contributed by atoms with E-state index in [2.05, 4.69) is 4.98 Å². The van der Waals surface area contributed by atoms with Gasteiger partial charge in [0.05, 0.1) is 11.4 Å². The number of fused-ring (bicyclic) bond motifs is 1. The van der Waals surface area contributed by atoms with Gasteiger partial charge in [-0.2, -0.15) is 21.6 Å². The van der Waals surface area contributed by atoms with Gasteiger partial charge in [-0.3, -0.25) is 4.72 Å². The maximum absolute atomic E-state index is 12.9. The summed E-state index contributed by atoms with van der Waals surface area (Å²) in [6.45, 7) is 2.18. The predicted octanol–water partition coefficient (Wildman–Crippen LogP) is 5.74. The van der Waals surface area contributed by atoms with Gasteiger partial charge in [0.1, 0.15) is 17.2 Å². The van der Waals surface area contributed by atoms with Crippen molar-refractivity contribution in [1.82, 2.24) is 9.55 Å². The van der Waals surface area contributed by atoms with Crippen LogP contribution < -0.4 is 4.72 Å². The number of imidazole rings is 1. The number of aromatic carboxylic acids is 1. The Morgan fingerprint density at radius 1 is 1.19 bits per heavy atom. The van der Waals surface area contributed by atoms with Gasteiger partial charge in [0.15, 0.2) is 5.69 Å². The fourth-order valence-electron chi connectivity index (χ4n) is 4.32. The van der Waals surface area contributed by atoms with E-state index in [-0.39, 0.29) is 35.2 Å². The molecule has 0 aliphatic heterocycles. The summed E-state index contributed by atoms with van der Waals surface area (Å²) in [4.78, 5) is 16.7. The summed E-state index contributed by atoms with van der Waals surface area (Å²) >= 11 is 0. The second-order valence-corrected chi connectivity index (χ2v) is 10.5. The van der Waals surface area contributed by atoms with E-state index >= 15 is 0 Å². The number of sulfonamides is 1. The Morgan fingerprint density at radius 2 is 1.92 bits per heavy atom. The third kappa shape index (κ3) is 4.68. The molecule has 2 heterocycles. The number of aromatic nitrogens is 2. The number of carbonyl (C=O) groups is 1. The first-order chi connectivity index (χ1) is 17.5. The van der Waals surface area contributed by atoms with Crippen molar-refractivity contribution >= 4 is 32.6 Å². The van der Waals surface area contributed by atoms with Gasteiger partial charge in [-0.15, -0.1) is 0 Å². The lowest BCUT2D eigenvalue weighted by molar-refractivity contribution is -0.0429. The minimum Gasteiger partial charge on any atom is -0.477 e. The molecule has 0 atom stereocenters. The van der Waals surface area contributed by atoms with Crippen LogP contribution in [0.5, 0.6) is 0 Å². The highest BCUT2D eigenvalue weighted by Gasteiger charge is 2.46. The molecule has 0 bridgehead atoms. The van der Waals surface area contributed by atoms with Crippen LogP contribution in [0.25, 0.3) is 22.3 Å². The Hall–Kier alpha value is -3.80. The fraction of sp³-hybridized carbons (Fsp3) is 0.280. The highest BCUT2D eigenvalue weighted by Crippen LogP contribution is 2.42. The maximum Gasteiger partial charge on any atom is 0.516 e. The number of anilines is 1. The number of halogens is 3. The molecule has 0 radical (unpaired) electrons. The number of furan rings is 1. The molecular formula is C25H22F3N3O5S. The summed E-state index contributed by atoms with van der Waals surface area (Å²) in [5.41, 5.74) is -3.58. The van der Waals surface area contributed by atoms with Gasteiger partial charge in [-0.25, -0.2) is 9.78 Å². The molecule has 2 N–H and O–H groups in total. The lowest BCUT2D eigenvalue weighted by Gasteiger charge is -2.12. The standard InChI is InChI=1S/C25H22F3N3O5S/c1-2-21-29-22(15-8-9-15)23(24(32)33)31(21)13-14-7-10-19-16(11-14)12-20(36-19)17-5-3-4-6-18(17)30-37(34,35)25(26,27)28/h3-7,10-12,15,30H,2,8-9,13H2,1H3,(H,32,33). The van der Waals surface area contributed by atoms with E-state index in [9.17, 15) is 31.5 Å². The molecule has 5 rings (SSSR count). The average molecular weight is 534 g/mol. The van der Waals surface area contributed by atoms with E-state index in [1.165, 1.54) is 18.2 Å². The molecule has 37 heavy (non-hydrogen) atoms. The summed E-state index contributed by atoms with van der Waals surface area (Å²) in [5, 5.41) is 10.5. The van der Waals surface area contributed by atoms with Gasteiger partial charge in [0.25, 0.3) is 0 Å². The normalized spacial score (nSPS) is 14.3. The van der Waals surface area contributed by atoms with Crippen LogP contribution in [0.3, 0.4) is 0 Å². The first-order valence-electron chi connectivity index (χ1n) is 11.5. The topological polar surface area (TPSA) is 114 Å². The van der Waals surface area contributed by atoms with Crippen LogP contribution in [0, 0.1) is 0 Å². The predicted molar refractivity (Wildman–Crippen MR) is 130 cm³/mol. The van der Waals surface area contributed by atoms with Crippen LogP contribution in [0.15, 0.2) is 52.9 Å². The first kappa shape index (κ1) is 24.9. The number of alkyl halides is 3. The molecule has 2 aromatic heterocycles. The number of para-hydroxylation sites is 1. The van der Waals surface area contributed by atoms with Crippen molar-refractivity contribution < 1.29 is 35.9 Å². The van der Waals surface area contributed by atoms with E-state index in [0.29, 0.717) is 28.9 Å². The third-order valence-corrected chi connectivity index (χ3v) is 7.32. The van der Waals surface area contributed by atoms with Gasteiger partial charge in [0.2, 0.25) is 0 Å². The highest BCUT2D eigenvalue weighted by molar-refractivity contribution is 7.93. The van der Waals surface area contributed by atoms with Crippen LogP contribution in [-0.4, -0.2) is 34.6 Å². The van der Waals surface area contributed by atoms with Gasteiger partial charge in [-0.1, -0.05) is 25.1 Å². The number of hydrogen-bond donors (Lipinski definition) is 2. The van der Waals surface area contributed by atoms with Gasteiger partial charge in [0, 0.05) is 29.8 Å². The summed E-state index contributed by atoms with van der Waals surface area (Å²) < 4.78 is 71.1. The number of hydrogen-bond acceptors (Lipinski definition) is 5. The van der Waals surface area contributed by atoms with E-state index in [1.807, 2.05) is 6.92 Å². The van der Waals surface area contributed by atoms with Crippen LogP contribution in [0.1, 0.15) is 53.3 Å². The Labute approximate surface area is 209 Å². The monoisotopic (exact) mass is 533 g/mol. The summed E-state index contributed by atoms with van der Waals surface area (Å²) in [7, 11) is -5.62. The van der Waals surface area contributed by atoms with Crippen molar-refractivity contribution in [3.8, 4) is 11.3 Å². The van der Waals surface area contributed by atoms with Crippen molar-refractivity contribution in [2.24, 2.45) is 0 Å². The molecule has 4 aromatic rings. The largest absolute Gasteiger partial charge is 0.516 e. The second kappa shape index (κ2) is 8.94. The van der Waals surface area contributed by atoms with Crippen molar-refractivity contribution in [3.05, 3.63) is 71.3 Å². The average Bonchev–Trinajstić information content (AvgIpc) is 3.48. The molecule has 1 aliphatic carbocycles. The zero-order valence-electron chi connectivity index (χ0n) is 19.5. The number of carboxylic acid groups (broad SMARTS) is 1. The van der Waals surface area contributed by atoms with E-state index in [4.69, 9.17) is 4.42 Å². The number of benzene rings is 2. The van der Waals surface area contributed by atoms with Crippen LogP contribution in [-0.2, 0) is 23.0 Å². The van der Waals surface area contributed by atoms with Gasteiger partial charge < -0.3 is 14.1 Å². The molecule has 0 saturated heterocycles. The Kier molecular flexibility index (Phi) is 6.01. The molecule has 194 valence electrons. The van der Waals surface area contributed by atoms with Gasteiger partial charge >= 0.3 is 21.5 Å². The second-order valence-electron chi connectivity index (χ2n) is 8.86. The number of aryl methyl sites for hydroxylation is 1. The highest BCUT2D eigenvalue weighted by atomic mass is 32.2. The lowest BCUT2D eigenvalue weighted by Crippen LogP contribution is -2.30. The number of nitrogens with one attached hydrogen (secondary N) is 1. The number of rotatable bonds is 8. The van der Waals surface area contributed by atoms with Crippen molar-refractivity contribution in [3.63, 3.8) is 0 Å². The molecular weight excluding hydrogens is 511 g/mol. The molecule has 0 spiro atoms. The Morgan fingerprint density at radius 3 is 2.57 bits per heavy atom. The molecule has 0 amide bonds. The van der Waals surface area contributed by atoms with E-state index in [0.717, 1.165) is 18.4 Å². The molecule has 1 aliphatic rings. The quantitative estimate of drug-likeness (QED) is 0.298. The molecule has 1 fully saturated rings. The summed E-state index contributed by atoms with van der Waals surface area (Å²) in [6, 6.07) is 12.5. The molecule has 0 unspecified atom stereocenters. The Bertz CT molecular complexity index is 1620. The maximum atomic E-state index is 12.9. The smallest absolute Gasteiger partial charge is 0.477 e. The van der Waals surface area contributed by atoms with Crippen LogP contribution in [0.4, 0.5) is 18.9 Å². The Balaban J connectivity index is 1.50. The summed E-state index contributed by atoms with van der Waals surface area (Å²) in [5.74, 6) is -0.00464. The lowest BCUT2D eigenvalue weighted by atomic mass is 10.1. The van der Waals surface area contributed by atoms with Gasteiger partial charge in [-0.05, 0) is 48.7 Å². The molecule has 1 saturated carbocycles. The summed E-state index contributed by atoms with van der Waals surface area (Å²) in [6.07, 6.45) is 2.41. The molecule has 8 nitrogen and oxygen atoms in total. The van der Waals surface area contributed by atoms with Crippen LogP contribution >= 0.6 is 0 Å². The minimum atomic E-state index is -5.62. The number of nitrogens with zero attached hydrogens (tertiary/aromatic N) is 2. The zero-order valence-corrected chi connectivity index (χ0v) is 20.4. The van der Waals surface area contributed by atoms with E-state index < -0.39 is 21.5 Å². The minimum absolute atomic E-state index is 0.137. The third-order valence-electron chi connectivity index (χ3n) is 6.22. The zero-order chi connectivity index (χ0) is 26.5. The SMILES string of the molecule is CCc1nc(C2CC2)c(C(=O)O)n1Cc1ccc2oc(-c3ccccc3NS(=O)(=O)C(F)(F)F)cc2c1. The van der Waals surface area contributed by atoms with E-state index in [1.54, 1.807) is 39.6 Å². The molecule has 12 heteroatoms. The fourth-order valence-corrected chi connectivity index (χ4v) is 4.91. The number of carboxylic acids is 1. The van der Waals surface area contributed by atoms with Crippen molar-refractivity contribution in [1.29, 1.82) is 0 Å². The van der Waals surface area contributed by atoms with Crippen molar-refractivity contribution in [2.75, 3.05) is 4.72 Å². The molecule has 2 aromatic carbocycles. The first-order valence-corrected chi connectivity index (χ1v) is 13.0.